The number of likely N-dealkylation sites (N-methyl/N-ethyl adjacent to an activating group) is 1. The largest absolute Gasteiger partial charge is 0.315 e. The monoisotopic (exact) mass is 322 g/mol. The van der Waals surface area contributed by atoms with E-state index in [4.69, 9.17) is 0 Å². The molecule has 1 unspecified atom stereocenters. The highest BCUT2D eigenvalue weighted by Gasteiger charge is 2.35. The topological polar surface area (TPSA) is 40.6 Å². The smallest absolute Gasteiger partial charge is 0.235 e. The van der Waals surface area contributed by atoms with Crippen LogP contribution in [-0.2, 0) is 9.59 Å². The predicted molar refractivity (Wildman–Crippen MR) is 96.4 cm³/mol. The summed E-state index contributed by atoms with van der Waals surface area (Å²) in [6, 6.07) is 15.6. The summed E-state index contributed by atoms with van der Waals surface area (Å²) in [6.45, 7) is 4.55. The van der Waals surface area contributed by atoms with Crippen LogP contribution in [-0.4, -0.2) is 25.4 Å². The lowest BCUT2D eigenvalue weighted by atomic mass is 9.88. The number of fused-ring (bicyclic) bond motifs is 1. The van der Waals surface area contributed by atoms with E-state index in [1.54, 1.807) is 16.8 Å². The molecule has 0 saturated carbocycles. The summed E-state index contributed by atoms with van der Waals surface area (Å²) in [6.07, 6.45) is 0.217. The van der Waals surface area contributed by atoms with Crippen LogP contribution in [0.1, 0.15) is 30.4 Å². The van der Waals surface area contributed by atoms with Crippen LogP contribution in [0.2, 0.25) is 0 Å². The lowest BCUT2D eigenvalue weighted by Crippen LogP contribution is -2.41. The van der Waals surface area contributed by atoms with Crippen LogP contribution in [0.5, 0.6) is 0 Å². The molecule has 2 aromatic rings. The normalized spacial score (nSPS) is 16.7. The molecule has 3 rings (SSSR count). The van der Waals surface area contributed by atoms with Crippen LogP contribution in [0.3, 0.4) is 0 Å². The van der Waals surface area contributed by atoms with Gasteiger partial charge in [-0.2, -0.15) is 0 Å². The maximum Gasteiger partial charge on any atom is 0.235 e. The molecule has 1 atom stereocenters. The van der Waals surface area contributed by atoms with Crippen LogP contribution >= 0.6 is 0 Å². The van der Waals surface area contributed by atoms with Gasteiger partial charge in [0.15, 0.2) is 0 Å². The maximum atomic E-state index is 13.2. The molecule has 0 bridgehead atoms. The molecule has 0 N–H and O–H groups in total. The second-order valence-electron chi connectivity index (χ2n) is 6.19. The zero-order valence-electron chi connectivity index (χ0n) is 14.3. The minimum Gasteiger partial charge on any atom is -0.315 e. The Bertz CT molecular complexity index is 785. The molecule has 1 aliphatic heterocycles. The number of amides is 2. The quantitative estimate of drug-likeness (QED) is 0.868. The first-order chi connectivity index (χ1) is 11.5. The van der Waals surface area contributed by atoms with E-state index in [1.807, 2.05) is 62.4 Å². The van der Waals surface area contributed by atoms with Gasteiger partial charge in [0.05, 0.1) is 5.92 Å². The van der Waals surface area contributed by atoms with Crippen molar-refractivity contribution in [3.63, 3.8) is 0 Å². The molecule has 2 amide bonds. The number of carbonyl (C=O) groups excluding carboxylic acids is 2. The van der Waals surface area contributed by atoms with Gasteiger partial charge in [0.25, 0.3) is 0 Å². The first kappa shape index (κ1) is 16.2. The summed E-state index contributed by atoms with van der Waals surface area (Å²) in [5.74, 6) is -0.463. The predicted octanol–water partition coefficient (Wildman–Crippen LogP) is 3.50. The number of carbonyl (C=O) groups is 2. The van der Waals surface area contributed by atoms with Crippen molar-refractivity contribution in [2.45, 2.75) is 26.2 Å². The van der Waals surface area contributed by atoms with Gasteiger partial charge in [-0.3, -0.25) is 9.59 Å². The summed E-state index contributed by atoms with van der Waals surface area (Å²) < 4.78 is 0. The highest BCUT2D eigenvalue weighted by molar-refractivity contribution is 6.06. The number of hydrogen-bond donors (Lipinski definition) is 0. The molecule has 0 saturated heterocycles. The zero-order chi connectivity index (χ0) is 17.3. The summed E-state index contributed by atoms with van der Waals surface area (Å²) in [5, 5.41) is 0. The molecule has 2 aromatic carbocycles. The Morgan fingerprint density at radius 1 is 1.21 bits per heavy atom. The first-order valence-electron chi connectivity index (χ1n) is 8.26. The summed E-state index contributed by atoms with van der Waals surface area (Å²) in [5.41, 5.74) is 3.74. The van der Waals surface area contributed by atoms with Gasteiger partial charge in [0.2, 0.25) is 11.8 Å². The van der Waals surface area contributed by atoms with Crippen molar-refractivity contribution in [1.82, 2.24) is 0 Å². The van der Waals surface area contributed by atoms with Crippen LogP contribution in [0.15, 0.2) is 48.5 Å². The zero-order valence-corrected chi connectivity index (χ0v) is 14.3. The first-order valence-corrected chi connectivity index (χ1v) is 8.26. The third-order valence-electron chi connectivity index (χ3n) is 4.62. The molecule has 124 valence electrons. The van der Waals surface area contributed by atoms with E-state index in [1.165, 1.54) is 0 Å². The Kier molecular flexibility index (Phi) is 4.38. The van der Waals surface area contributed by atoms with Crippen LogP contribution < -0.4 is 9.80 Å². The van der Waals surface area contributed by atoms with E-state index >= 15 is 0 Å². The van der Waals surface area contributed by atoms with Gasteiger partial charge >= 0.3 is 0 Å². The van der Waals surface area contributed by atoms with Crippen molar-refractivity contribution in [1.29, 1.82) is 0 Å². The van der Waals surface area contributed by atoms with E-state index in [2.05, 4.69) is 0 Å². The van der Waals surface area contributed by atoms with Crippen molar-refractivity contribution in [3.8, 4) is 0 Å². The number of anilines is 2. The van der Waals surface area contributed by atoms with Gasteiger partial charge in [-0.25, -0.2) is 0 Å². The lowest BCUT2D eigenvalue weighted by Gasteiger charge is -2.33. The number of nitrogens with zero attached hydrogens (tertiary/aromatic N) is 2. The lowest BCUT2D eigenvalue weighted by molar-refractivity contribution is -0.125. The Morgan fingerprint density at radius 3 is 2.67 bits per heavy atom. The number of hydrogen-bond acceptors (Lipinski definition) is 2. The van der Waals surface area contributed by atoms with Gasteiger partial charge in [0, 0.05) is 31.4 Å². The molecular weight excluding hydrogens is 300 g/mol. The Hall–Kier alpha value is -2.62. The van der Waals surface area contributed by atoms with Gasteiger partial charge in [-0.15, -0.1) is 0 Å². The third kappa shape index (κ3) is 2.80. The molecule has 4 heteroatoms. The van der Waals surface area contributed by atoms with E-state index in [0.717, 1.165) is 22.5 Å². The van der Waals surface area contributed by atoms with E-state index in [0.29, 0.717) is 6.54 Å². The second kappa shape index (κ2) is 6.48. The van der Waals surface area contributed by atoms with Gasteiger partial charge < -0.3 is 9.80 Å². The summed E-state index contributed by atoms with van der Waals surface area (Å²) in [4.78, 5) is 29.0. The molecule has 1 aliphatic rings. The molecule has 0 fully saturated rings. The number of benzene rings is 2. The average Bonchev–Trinajstić information content (AvgIpc) is 2.59. The van der Waals surface area contributed by atoms with Crippen LogP contribution in [0, 0.1) is 6.92 Å². The molecule has 0 spiro atoms. The fraction of sp³-hybridized carbons (Fsp3) is 0.300. The van der Waals surface area contributed by atoms with E-state index in [9.17, 15) is 9.59 Å². The van der Waals surface area contributed by atoms with Gasteiger partial charge in [0.1, 0.15) is 0 Å². The highest BCUT2D eigenvalue weighted by atomic mass is 16.2. The van der Waals surface area contributed by atoms with Crippen molar-refractivity contribution in [3.05, 3.63) is 59.7 Å². The standard InChI is InChI=1S/C20H22N2O2/c1-4-22(15-9-7-8-14(2)12-15)20(24)17-13-19(23)21(3)18-11-6-5-10-16(17)18/h5-12,17H,4,13H2,1-3H3. The minimum absolute atomic E-state index is 0.0167. The number of para-hydroxylation sites is 1. The van der Waals surface area contributed by atoms with Crippen molar-refractivity contribution in [2.24, 2.45) is 0 Å². The van der Waals surface area contributed by atoms with Crippen molar-refractivity contribution in [2.75, 3.05) is 23.4 Å². The molecule has 0 aliphatic carbocycles. The Morgan fingerprint density at radius 2 is 1.96 bits per heavy atom. The SMILES string of the molecule is CCN(C(=O)C1CC(=O)N(C)c2ccccc21)c1cccc(C)c1. The molecule has 4 nitrogen and oxygen atoms in total. The highest BCUT2D eigenvalue weighted by Crippen LogP contribution is 2.37. The maximum absolute atomic E-state index is 13.2. The number of rotatable bonds is 3. The third-order valence-corrected chi connectivity index (χ3v) is 4.62. The molecule has 0 aromatic heterocycles. The van der Waals surface area contributed by atoms with Crippen LogP contribution in [0.4, 0.5) is 11.4 Å². The van der Waals surface area contributed by atoms with Crippen LogP contribution in [0.25, 0.3) is 0 Å². The van der Waals surface area contributed by atoms with Crippen molar-refractivity contribution >= 4 is 23.2 Å². The van der Waals surface area contributed by atoms with Gasteiger partial charge in [-0.05, 0) is 43.2 Å². The molecule has 24 heavy (non-hydrogen) atoms. The minimum atomic E-state index is -0.426. The van der Waals surface area contributed by atoms with E-state index in [-0.39, 0.29) is 18.2 Å². The molecule has 1 heterocycles. The Balaban J connectivity index is 1.99. The van der Waals surface area contributed by atoms with Crippen molar-refractivity contribution < 1.29 is 9.59 Å². The van der Waals surface area contributed by atoms with E-state index < -0.39 is 5.92 Å². The fourth-order valence-electron chi connectivity index (χ4n) is 3.31. The van der Waals surface area contributed by atoms with Gasteiger partial charge in [-0.1, -0.05) is 30.3 Å². The number of aryl methyl sites for hydroxylation is 1. The fourth-order valence-corrected chi connectivity index (χ4v) is 3.31. The average molecular weight is 322 g/mol. The Labute approximate surface area is 142 Å². The molecule has 0 radical (unpaired) electrons. The summed E-state index contributed by atoms with van der Waals surface area (Å²) >= 11 is 0. The second-order valence-corrected chi connectivity index (χ2v) is 6.19. The summed E-state index contributed by atoms with van der Waals surface area (Å²) in [7, 11) is 1.76. The molecular formula is C20H22N2O2.